The highest BCUT2D eigenvalue weighted by atomic mass is 32.1. The molecule has 24 heavy (non-hydrogen) atoms. The SMILES string of the molecule is COC(CNC(=O)c1cnc(-c2ccc3c(c2)OCO3)s1)C(=O)O. The largest absolute Gasteiger partial charge is 0.479 e. The zero-order valence-corrected chi connectivity index (χ0v) is 13.5. The highest BCUT2D eigenvalue weighted by Crippen LogP contribution is 2.36. The average molecular weight is 350 g/mol. The number of benzene rings is 1. The second kappa shape index (κ2) is 6.85. The van der Waals surface area contributed by atoms with Crippen LogP contribution in [0, 0.1) is 0 Å². The van der Waals surface area contributed by atoms with Gasteiger partial charge in [-0.15, -0.1) is 11.3 Å². The fraction of sp³-hybridized carbons (Fsp3) is 0.267. The van der Waals surface area contributed by atoms with Crippen molar-refractivity contribution in [1.29, 1.82) is 0 Å². The van der Waals surface area contributed by atoms with Crippen LogP contribution in [-0.2, 0) is 9.53 Å². The number of amides is 1. The van der Waals surface area contributed by atoms with Gasteiger partial charge in [-0.25, -0.2) is 9.78 Å². The molecule has 0 radical (unpaired) electrons. The third-order valence-corrected chi connectivity index (χ3v) is 4.40. The summed E-state index contributed by atoms with van der Waals surface area (Å²) in [6.45, 7) is 0.0660. The number of nitrogens with one attached hydrogen (secondary N) is 1. The Morgan fingerprint density at radius 2 is 2.21 bits per heavy atom. The quantitative estimate of drug-likeness (QED) is 0.810. The maximum Gasteiger partial charge on any atom is 0.334 e. The lowest BCUT2D eigenvalue weighted by molar-refractivity contribution is -0.148. The Hall–Kier alpha value is -2.65. The van der Waals surface area contributed by atoms with Gasteiger partial charge in [-0.05, 0) is 18.2 Å². The molecule has 3 rings (SSSR count). The number of nitrogens with zero attached hydrogens (tertiary/aromatic N) is 1. The van der Waals surface area contributed by atoms with E-state index in [4.69, 9.17) is 19.3 Å². The van der Waals surface area contributed by atoms with Crippen molar-refractivity contribution < 1.29 is 28.9 Å². The molecule has 0 saturated heterocycles. The summed E-state index contributed by atoms with van der Waals surface area (Å²) in [5, 5.41) is 12.0. The van der Waals surface area contributed by atoms with E-state index in [-0.39, 0.29) is 13.3 Å². The molecular weight excluding hydrogens is 336 g/mol. The number of aromatic nitrogens is 1. The van der Waals surface area contributed by atoms with Gasteiger partial charge in [0, 0.05) is 12.7 Å². The van der Waals surface area contributed by atoms with Gasteiger partial charge in [0.05, 0.1) is 12.7 Å². The highest BCUT2D eigenvalue weighted by Gasteiger charge is 2.20. The molecular formula is C15H14N2O6S. The van der Waals surface area contributed by atoms with Crippen LogP contribution < -0.4 is 14.8 Å². The van der Waals surface area contributed by atoms with Gasteiger partial charge >= 0.3 is 5.97 Å². The Labute approximate surface area is 141 Å². The van der Waals surface area contributed by atoms with Gasteiger partial charge in [0.2, 0.25) is 6.79 Å². The Balaban J connectivity index is 1.69. The zero-order chi connectivity index (χ0) is 17.1. The molecule has 0 saturated carbocycles. The molecule has 1 amide bonds. The third kappa shape index (κ3) is 3.31. The van der Waals surface area contributed by atoms with E-state index in [1.165, 1.54) is 24.6 Å². The van der Waals surface area contributed by atoms with Crippen molar-refractivity contribution in [2.75, 3.05) is 20.4 Å². The van der Waals surface area contributed by atoms with Crippen LogP contribution in [0.25, 0.3) is 10.6 Å². The fourth-order valence-electron chi connectivity index (χ4n) is 2.09. The summed E-state index contributed by atoms with van der Waals surface area (Å²) < 4.78 is 15.3. The van der Waals surface area contributed by atoms with Crippen molar-refractivity contribution >= 4 is 23.2 Å². The molecule has 1 aliphatic rings. The lowest BCUT2D eigenvalue weighted by atomic mass is 10.2. The Bertz CT molecular complexity index is 775. The smallest absolute Gasteiger partial charge is 0.334 e. The van der Waals surface area contributed by atoms with Crippen molar-refractivity contribution in [2.24, 2.45) is 0 Å². The molecule has 8 nitrogen and oxygen atoms in total. The summed E-state index contributed by atoms with van der Waals surface area (Å²) >= 11 is 1.20. The van der Waals surface area contributed by atoms with Crippen LogP contribution in [0.3, 0.4) is 0 Å². The van der Waals surface area contributed by atoms with Gasteiger partial charge in [-0.1, -0.05) is 0 Å². The molecule has 2 aromatic rings. The number of hydrogen-bond acceptors (Lipinski definition) is 7. The summed E-state index contributed by atoms with van der Waals surface area (Å²) in [6.07, 6.45) is 0.359. The summed E-state index contributed by atoms with van der Waals surface area (Å²) in [4.78, 5) is 27.5. The molecule has 0 fully saturated rings. The number of carbonyl (C=O) groups is 2. The van der Waals surface area contributed by atoms with E-state index in [2.05, 4.69) is 10.3 Å². The fourth-order valence-corrected chi connectivity index (χ4v) is 2.91. The van der Waals surface area contributed by atoms with Crippen LogP contribution >= 0.6 is 11.3 Å². The Morgan fingerprint density at radius 1 is 1.42 bits per heavy atom. The van der Waals surface area contributed by atoms with Crippen molar-refractivity contribution in [3.63, 3.8) is 0 Å². The van der Waals surface area contributed by atoms with E-state index in [1.54, 1.807) is 12.1 Å². The molecule has 1 atom stereocenters. The lowest BCUT2D eigenvalue weighted by Gasteiger charge is -2.10. The van der Waals surface area contributed by atoms with E-state index < -0.39 is 18.0 Å². The predicted molar refractivity (Wildman–Crippen MR) is 84.4 cm³/mol. The van der Waals surface area contributed by atoms with Crippen LogP contribution in [0.15, 0.2) is 24.4 Å². The van der Waals surface area contributed by atoms with E-state index in [1.807, 2.05) is 6.07 Å². The number of ether oxygens (including phenoxy) is 3. The van der Waals surface area contributed by atoms with E-state index >= 15 is 0 Å². The molecule has 0 aliphatic carbocycles. The monoisotopic (exact) mass is 350 g/mol. The number of fused-ring (bicyclic) bond motifs is 1. The summed E-state index contributed by atoms with van der Waals surface area (Å²) in [5.74, 6) is -0.225. The van der Waals surface area contributed by atoms with Crippen LogP contribution in [-0.4, -0.2) is 48.5 Å². The number of carboxylic acids is 1. The average Bonchev–Trinajstić information content (AvgIpc) is 3.23. The number of rotatable bonds is 6. The van der Waals surface area contributed by atoms with Crippen LogP contribution in [0.1, 0.15) is 9.67 Å². The van der Waals surface area contributed by atoms with Gasteiger partial charge in [-0.3, -0.25) is 4.79 Å². The van der Waals surface area contributed by atoms with Gasteiger partial charge in [-0.2, -0.15) is 0 Å². The van der Waals surface area contributed by atoms with Gasteiger partial charge < -0.3 is 24.6 Å². The molecule has 2 N–H and O–H groups in total. The van der Waals surface area contributed by atoms with Gasteiger partial charge in [0.15, 0.2) is 17.6 Å². The topological polar surface area (TPSA) is 107 Å². The molecule has 1 aliphatic heterocycles. The van der Waals surface area contributed by atoms with E-state index in [9.17, 15) is 9.59 Å². The first kappa shape index (κ1) is 16.2. The molecule has 2 heterocycles. The molecule has 1 unspecified atom stereocenters. The first-order chi connectivity index (χ1) is 11.6. The number of carboxylic acid groups (broad SMARTS) is 1. The number of methoxy groups -OCH3 is 1. The second-order valence-corrected chi connectivity index (χ2v) is 5.90. The third-order valence-electron chi connectivity index (χ3n) is 3.36. The Morgan fingerprint density at radius 3 is 2.96 bits per heavy atom. The highest BCUT2D eigenvalue weighted by molar-refractivity contribution is 7.16. The van der Waals surface area contributed by atoms with Crippen molar-refractivity contribution in [2.45, 2.75) is 6.10 Å². The van der Waals surface area contributed by atoms with Crippen LogP contribution in [0.4, 0.5) is 0 Å². The molecule has 1 aromatic carbocycles. The minimum atomic E-state index is -1.14. The zero-order valence-electron chi connectivity index (χ0n) is 12.6. The standard InChI is InChI=1S/C15H14N2O6S/c1-21-11(15(19)20)5-16-13(18)12-6-17-14(24-12)8-2-3-9-10(4-8)23-7-22-9/h2-4,6,11H,5,7H2,1H3,(H,16,18)(H,19,20). The number of aliphatic carboxylic acids is 1. The second-order valence-electron chi connectivity index (χ2n) is 4.87. The van der Waals surface area contributed by atoms with E-state index in [0.717, 1.165) is 5.56 Å². The minimum absolute atomic E-state index is 0.123. The number of carbonyl (C=O) groups excluding carboxylic acids is 1. The summed E-state index contributed by atoms with van der Waals surface area (Å²) in [5.41, 5.74) is 0.809. The normalized spacial score (nSPS) is 13.5. The molecule has 126 valence electrons. The molecule has 1 aromatic heterocycles. The van der Waals surface area contributed by atoms with Crippen molar-refractivity contribution in [3.05, 3.63) is 29.3 Å². The maximum atomic E-state index is 12.1. The number of thiazole rings is 1. The van der Waals surface area contributed by atoms with Crippen molar-refractivity contribution in [3.8, 4) is 22.1 Å². The van der Waals surface area contributed by atoms with Crippen LogP contribution in [0.2, 0.25) is 0 Å². The minimum Gasteiger partial charge on any atom is -0.479 e. The molecule has 0 bridgehead atoms. The van der Waals surface area contributed by atoms with Crippen LogP contribution in [0.5, 0.6) is 11.5 Å². The van der Waals surface area contributed by atoms with Gasteiger partial charge in [0.25, 0.3) is 5.91 Å². The predicted octanol–water partition coefficient (Wildman–Crippen LogP) is 1.37. The summed E-state index contributed by atoms with van der Waals surface area (Å²) in [6, 6.07) is 5.42. The first-order valence-electron chi connectivity index (χ1n) is 6.98. The van der Waals surface area contributed by atoms with E-state index in [0.29, 0.717) is 21.4 Å². The van der Waals surface area contributed by atoms with Gasteiger partial charge in [0.1, 0.15) is 9.88 Å². The molecule has 9 heteroatoms. The van der Waals surface area contributed by atoms with Crippen molar-refractivity contribution in [1.82, 2.24) is 10.3 Å². The Kier molecular flexibility index (Phi) is 4.63. The first-order valence-corrected chi connectivity index (χ1v) is 7.80. The lowest BCUT2D eigenvalue weighted by Crippen LogP contribution is -2.37. The molecule has 0 spiro atoms. The number of hydrogen-bond donors (Lipinski definition) is 2. The summed E-state index contributed by atoms with van der Waals surface area (Å²) in [7, 11) is 1.27. The maximum absolute atomic E-state index is 12.1.